The first-order valence-electron chi connectivity index (χ1n) is 6.43. The number of hydrogen-bond acceptors (Lipinski definition) is 3. The lowest BCUT2D eigenvalue weighted by molar-refractivity contribution is -0.126. The molecule has 1 aromatic carbocycles. The molecule has 2 unspecified atom stereocenters. The number of aliphatic hydroxyl groups excluding tert-OH is 1. The van der Waals surface area contributed by atoms with Crippen LogP contribution in [0.5, 0.6) is 0 Å². The van der Waals surface area contributed by atoms with Crippen molar-refractivity contribution in [3.63, 3.8) is 0 Å². The Kier molecular flexibility index (Phi) is 4.72. The van der Waals surface area contributed by atoms with E-state index in [9.17, 15) is 9.18 Å². The summed E-state index contributed by atoms with van der Waals surface area (Å²) in [4.78, 5) is 12.1. The Morgan fingerprint density at radius 2 is 2.40 bits per heavy atom. The van der Waals surface area contributed by atoms with Gasteiger partial charge in [-0.25, -0.2) is 4.39 Å². The SMILES string of the molecule is CC1CCOC1C(=O)Nc1ccc(F)cc1C#CCO. The van der Waals surface area contributed by atoms with Gasteiger partial charge < -0.3 is 15.2 Å². The van der Waals surface area contributed by atoms with Crippen molar-refractivity contribution in [1.29, 1.82) is 0 Å². The van der Waals surface area contributed by atoms with Crippen LogP contribution in [0.3, 0.4) is 0 Å². The van der Waals surface area contributed by atoms with E-state index in [1.165, 1.54) is 18.2 Å². The fourth-order valence-electron chi connectivity index (χ4n) is 2.10. The lowest BCUT2D eigenvalue weighted by Gasteiger charge is -2.15. The maximum absolute atomic E-state index is 13.2. The summed E-state index contributed by atoms with van der Waals surface area (Å²) >= 11 is 0. The van der Waals surface area contributed by atoms with Crippen molar-refractivity contribution in [2.45, 2.75) is 19.4 Å². The minimum Gasteiger partial charge on any atom is -0.384 e. The molecule has 1 fully saturated rings. The molecule has 0 aliphatic carbocycles. The summed E-state index contributed by atoms with van der Waals surface area (Å²) in [5.41, 5.74) is 0.748. The third-order valence-electron chi connectivity index (χ3n) is 3.19. The summed E-state index contributed by atoms with van der Waals surface area (Å²) in [7, 11) is 0. The lowest BCUT2D eigenvalue weighted by atomic mass is 10.0. The molecule has 2 N–H and O–H groups in total. The molecule has 2 rings (SSSR count). The Hall–Kier alpha value is -1.90. The summed E-state index contributed by atoms with van der Waals surface area (Å²) < 4.78 is 18.6. The Labute approximate surface area is 116 Å². The second-order valence-corrected chi connectivity index (χ2v) is 4.70. The van der Waals surface area contributed by atoms with Crippen molar-refractivity contribution >= 4 is 11.6 Å². The monoisotopic (exact) mass is 277 g/mol. The highest BCUT2D eigenvalue weighted by Crippen LogP contribution is 2.23. The van der Waals surface area contributed by atoms with Crippen LogP contribution in [0.2, 0.25) is 0 Å². The van der Waals surface area contributed by atoms with E-state index in [0.717, 1.165) is 6.42 Å². The molecule has 1 saturated heterocycles. The number of anilines is 1. The summed E-state index contributed by atoms with van der Waals surface area (Å²) in [5, 5.41) is 11.4. The van der Waals surface area contributed by atoms with Crippen LogP contribution in [-0.4, -0.2) is 30.3 Å². The minimum atomic E-state index is -0.487. The molecule has 1 aromatic rings. The van der Waals surface area contributed by atoms with Crippen molar-refractivity contribution in [1.82, 2.24) is 0 Å². The van der Waals surface area contributed by atoms with E-state index in [1.54, 1.807) is 0 Å². The van der Waals surface area contributed by atoms with Gasteiger partial charge in [-0.15, -0.1) is 0 Å². The maximum atomic E-state index is 13.2. The highest BCUT2D eigenvalue weighted by Gasteiger charge is 2.31. The third-order valence-corrected chi connectivity index (χ3v) is 3.19. The van der Waals surface area contributed by atoms with Gasteiger partial charge in [-0.1, -0.05) is 18.8 Å². The van der Waals surface area contributed by atoms with Crippen LogP contribution in [0, 0.1) is 23.6 Å². The van der Waals surface area contributed by atoms with Crippen LogP contribution < -0.4 is 5.32 Å². The van der Waals surface area contributed by atoms with Gasteiger partial charge in [0, 0.05) is 6.61 Å². The number of carbonyl (C=O) groups excluding carboxylic acids is 1. The first-order chi connectivity index (χ1) is 9.61. The van der Waals surface area contributed by atoms with E-state index >= 15 is 0 Å². The topological polar surface area (TPSA) is 58.6 Å². The van der Waals surface area contributed by atoms with E-state index in [4.69, 9.17) is 9.84 Å². The number of benzene rings is 1. The second kappa shape index (κ2) is 6.51. The van der Waals surface area contributed by atoms with Crippen molar-refractivity contribution < 1.29 is 19.0 Å². The van der Waals surface area contributed by atoms with Crippen LogP contribution in [0.1, 0.15) is 18.9 Å². The highest BCUT2D eigenvalue weighted by atomic mass is 19.1. The van der Waals surface area contributed by atoms with Crippen molar-refractivity contribution in [2.75, 3.05) is 18.5 Å². The third kappa shape index (κ3) is 3.35. The van der Waals surface area contributed by atoms with E-state index in [-0.39, 0.29) is 18.4 Å². The van der Waals surface area contributed by atoms with Crippen LogP contribution in [-0.2, 0) is 9.53 Å². The van der Waals surface area contributed by atoms with Gasteiger partial charge in [0.15, 0.2) is 0 Å². The van der Waals surface area contributed by atoms with Crippen LogP contribution in [0.25, 0.3) is 0 Å². The maximum Gasteiger partial charge on any atom is 0.253 e. The van der Waals surface area contributed by atoms with Gasteiger partial charge in [-0.2, -0.15) is 0 Å². The van der Waals surface area contributed by atoms with Gasteiger partial charge in [-0.05, 0) is 30.5 Å². The van der Waals surface area contributed by atoms with Crippen molar-refractivity contribution in [2.24, 2.45) is 5.92 Å². The lowest BCUT2D eigenvalue weighted by Crippen LogP contribution is -2.31. The van der Waals surface area contributed by atoms with E-state index in [1.807, 2.05) is 6.92 Å². The standard InChI is InChI=1S/C15H16FNO3/c1-10-6-8-20-14(10)15(19)17-13-5-4-12(16)9-11(13)3-2-7-18/h4-5,9-10,14,18H,6-8H2,1H3,(H,17,19). The average molecular weight is 277 g/mol. The molecule has 0 spiro atoms. The van der Waals surface area contributed by atoms with Gasteiger partial charge in [0.05, 0.1) is 11.3 Å². The minimum absolute atomic E-state index is 0.155. The van der Waals surface area contributed by atoms with Gasteiger partial charge in [0.1, 0.15) is 18.5 Å². The number of halogens is 1. The number of amides is 1. The van der Waals surface area contributed by atoms with E-state index in [2.05, 4.69) is 17.2 Å². The Balaban J connectivity index is 2.18. The molecule has 0 aromatic heterocycles. The average Bonchev–Trinajstić information content (AvgIpc) is 2.85. The normalized spacial score (nSPS) is 21.1. The number of carbonyl (C=O) groups is 1. The first kappa shape index (κ1) is 14.5. The molecule has 106 valence electrons. The largest absolute Gasteiger partial charge is 0.384 e. The molecular formula is C15H16FNO3. The van der Waals surface area contributed by atoms with E-state index in [0.29, 0.717) is 17.9 Å². The molecule has 0 saturated carbocycles. The zero-order chi connectivity index (χ0) is 14.5. The summed E-state index contributed by atoms with van der Waals surface area (Å²) in [6, 6.07) is 3.92. The zero-order valence-electron chi connectivity index (χ0n) is 11.1. The first-order valence-corrected chi connectivity index (χ1v) is 6.43. The van der Waals surface area contributed by atoms with Gasteiger partial charge in [0.25, 0.3) is 5.91 Å². The number of nitrogens with one attached hydrogen (secondary N) is 1. The molecule has 0 bridgehead atoms. The second-order valence-electron chi connectivity index (χ2n) is 4.70. The van der Waals surface area contributed by atoms with Crippen molar-refractivity contribution in [3.8, 4) is 11.8 Å². The predicted molar refractivity (Wildman–Crippen MR) is 72.5 cm³/mol. The predicted octanol–water partition coefficient (Wildman–Crippen LogP) is 1.53. The molecule has 2 atom stereocenters. The number of hydrogen-bond donors (Lipinski definition) is 2. The highest BCUT2D eigenvalue weighted by molar-refractivity contribution is 5.95. The van der Waals surface area contributed by atoms with Gasteiger partial charge in [0.2, 0.25) is 0 Å². The molecule has 1 aliphatic heterocycles. The summed E-state index contributed by atoms with van der Waals surface area (Å²) in [6.07, 6.45) is 0.359. The van der Waals surface area contributed by atoms with Crippen LogP contribution in [0.4, 0.5) is 10.1 Å². The van der Waals surface area contributed by atoms with Crippen molar-refractivity contribution in [3.05, 3.63) is 29.6 Å². The fraction of sp³-hybridized carbons (Fsp3) is 0.400. The molecule has 5 heteroatoms. The van der Waals surface area contributed by atoms with Crippen LogP contribution in [0.15, 0.2) is 18.2 Å². The fourth-order valence-corrected chi connectivity index (χ4v) is 2.10. The molecule has 4 nitrogen and oxygen atoms in total. The molecule has 1 heterocycles. The quantitative estimate of drug-likeness (QED) is 0.806. The Morgan fingerprint density at radius 3 is 3.05 bits per heavy atom. The van der Waals surface area contributed by atoms with Gasteiger partial charge in [-0.3, -0.25) is 4.79 Å². The smallest absolute Gasteiger partial charge is 0.253 e. The Bertz CT molecular complexity index is 562. The zero-order valence-corrected chi connectivity index (χ0v) is 11.1. The molecular weight excluding hydrogens is 261 g/mol. The van der Waals surface area contributed by atoms with Gasteiger partial charge >= 0.3 is 0 Å². The summed E-state index contributed by atoms with van der Waals surface area (Å²) in [6.45, 7) is 2.20. The molecule has 0 radical (unpaired) electrons. The molecule has 20 heavy (non-hydrogen) atoms. The van der Waals surface area contributed by atoms with Crippen LogP contribution >= 0.6 is 0 Å². The Morgan fingerprint density at radius 1 is 1.60 bits per heavy atom. The number of rotatable bonds is 2. The number of ether oxygens (including phenoxy) is 1. The number of aliphatic hydroxyl groups is 1. The molecule has 1 aliphatic rings. The molecule has 1 amide bonds. The van der Waals surface area contributed by atoms with E-state index < -0.39 is 11.9 Å². The summed E-state index contributed by atoms with van der Waals surface area (Å²) in [5.74, 6) is 4.51.